The Morgan fingerprint density at radius 1 is 1.10 bits per heavy atom. The van der Waals surface area contributed by atoms with Gasteiger partial charge in [0.1, 0.15) is 11.5 Å². The Balaban J connectivity index is 2.03. The monoisotopic (exact) mass is 285 g/mol. The minimum Gasteiger partial charge on any atom is -0.497 e. The second-order valence-electron chi connectivity index (χ2n) is 4.55. The fraction of sp³-hybridized carbons (Fsp3) is 0.235. The van der Waals surface area contributed by atoms with Crippen LogP contribution in [-0.4, -0.2) is 19.1 Å². The summed E-state index contributed by atoms with van der Waals surface area (Å²) in [4.78, 5) is 12.2. The van der Waals surface area contributed by atoms with Crippen LogP contribution >= 0.6 is 0 Å². The van der Waals surface area contributed by atoms with E-state index in [-0.39, 0.29) is 5.91 Å². The lowest BCUT2D eigenvalue weighted by Crippen LogP contribution is -2.32. The molecular weight excluding hydrogens is 266 g/mol. The summed E-state index contributed by atoms with van der Waals surface area (Å²) in [5.74, 6) is 1.15. The minimum atomic E-state index is -0.544. The Labute approximate surface area is 124 Å². The number of nitrogens with one attached hydrogen (secondary N) is 1. The summed E-state index contributed by atoms with van der Waals surface area (Å²) in [6.45, 7) is 1.91. The number of carbonyl (C=O) groups excluding carboxylic acids is 1. The minimum absolute atomic E-state index is 0.161. The zero-order valence-electron chi connectivity index (χ0n) is 12.2. The van der Waals surface area contributed by atoms with Crippen molar-refractivity contribution in [3.63, 3.8) is 0 Å². The molecule has 0 aliphatic carbocycles. The molecule has 2 aromatic rings. The highest BCUT2D eigenvalue weighted by Crippen LogP contribution is 2.21. The van der Waals surface area contributed by atoms with Crippen LogP contribution in [0, 0.1) is 0 Å². The molecule has 4 heteroatoms. The summed E-state index contributed by atoms with van der Waals surface area (Å²) in [6, 6.07) is 16.6. The first-order valence-electron chi connectivity index (χ1n) is 6.89. The molecule has 21 heavy (non-hydrogen) atoms. The largest absolute Gasteiger partial charge is 0.497 e. The fourth-order valence-corrected chi connectivity index (χ4v) is 1.91. The highest BCUT2D eigenvalue weighted by Gasteiger charge is 2.18. The Bertz CT molecular complexity index is 584. The Kier molecular flexibility index (Phi) is 5.21. The third-order valence-electron chi connectivity index (χ3n) is 3.02. The molecular formula is C17H19NO3. The Morgan fingerprint density at radius 2 is 1.81 bits per heavy atom. The molecule has 0 aromatic heterocycles. The van der Waals surface area contributed by atoms with E-state index in [2.05, 4.69) is 5.32 Å². The molecule has 2 rings (SSSR count). The van der Waals surface area contributed by atoms with E-state index >= 15 is 0 Å². The molecule has 0 heterocycles. The van der Waals surface area contributed by atoms with Crippen LogP contribution in [0.4, 0.5) is 5.69 Å². The summed E-state index contributed by atoms with van der Waals surface area (Å²) >= 11 is 0. The van der Waals surface area contributed by atoms with Gasteiger partial charge in [-0.15, -0.1) is 0 Å². The Hall–Kier alpha value is -2.49. The third kappa shape index (κ3) is 4.24. The van der Waals surface area contributed by atoms with Crippen molar-refractivity contribution < 1.29 is 14.3 Å². The van der Waals surface area contributed by atoms with Crippen molar-refractivity contribution in [2.75, 3.05) is 12.4 Å². The number of benzene rings is 2. The number of carbonyl (C=O) groups is 1. The summed E-state index contributed by atoms with van der Waals surface area (Å²) in [5, 5.41) is 2.85. The van der Waals surface area contributed by atoms with E-state index < -0.39 is 6.10 Å². The number of rotatable bonds is 6. The van der Waals surface area contributed by atoms with Gasteiger partial charge in [0.15, 0.2) is 6.10 Å². The fourth-order valence-electron chi connectivity index (χ4n) is 1.91. The van der Waals surface area contributed by atoms with Crippen LogP contribution in [0.3, 0.4) is 0 Å². The van der Waals surface area contributed by atoms with Crippen LogP contribution in [0.15, 0.2) is 54.6 Å². The van der Waals surface area contributed by atoms with E-state index in [4.69, 9.17) is 9.47 Å². The van der Waals surface area contributed by atoms with E-state index in [1.807, 2.05) is 49.4 Å². The lowest BCUT2D eigenvalue weighted by atomic mass is 10.2. The van der Waals surface area contributed by atoms with Gasteiger partial charge in [-0.2, -0.15) is 0 Å². The smallest absolute Gasteiger partial charge is 0.265 e. The van der Waals surface area contributed by atoms with Crippen molar-refractivity contribution in [3.8, 4) is 11.5 Å². The maximum Gasteiger partial charge on any atom is 0.265 e. The SMILES string of the molecule is CCC(Oc1cccc(OC)c1)C(=O)Nc1ccccc1. The van der Waals surface area contributed by atoms with Gasteiger partial charge in [0.25, 0.3) is 5.91 Å². The molecule has 1 N–H and O–H groups in total. The normalized spacial score (nSPS) is 11.5. The van der Waals surface area contributed by atoms with Gasteiger partial charge in [0.05, 0.1) is 7.11 Å². The van der Waals surface area contributed by atoms with Gasteiger partial charge >= 0.3 is 0 Å². The molecule has 110 valence electrons. The second-order valence-corrected chi connectivity index (χ2v) is 4.55. The van der Waals surface area contributed by atoms with Crippen molar-refractivity contribution in [1.82, 2.24) is 0 Å². The number of ether oxygens (including phenoxy) is 2. The van der Waals surface area contributed by atoms with E-state index in [9.17, 15) is 4.79 Å². The number of methoxy groups -OCH3 is 1. The predicted octanol–water partition coefficient (Wildman–Crippen LogP) is 3.49. The molecule has 2 aromatic carbocycles. The summed E-state index contributed by atoms with van der Waals surface area (Å²) in [6.07, 6.45) is 0.0351. The van der Waals surface area contributed by atoms with Crippen molar-refractivity contribution in [3.05, 3.63) is 54.6 Å². The molecule has 0 spiro atoms. The quantitative estimate of drug-likeness (QED) is 0.883. The average molecular weight is 285 g/mol. The molecule has 0 fully saturated rings. The zero-order valence-corrected chi connectivity index (χ0v) is 12.2. The molecule has 1 atom stereocenters. The van der Waals surface area contributed by atoms with Crippen LogP contribution in [0.1, 0.15) is 13.3 Å². The molecule has 0 bridgehead atoms. The van der Waals surface area contributed by atoms with E-state index in [1.165, 1.54) is 0 Å². The van der Waals surface area contributed by atoms with Gasteiger partial charge in [0.2, 0.25) is 0 Å². The molecule has 1 unspecified atom stereocenters. The first-order chi connectivity index (χ1) is 10.2. The molecule has 4 nitrogen and oxygen atoms in total. The van der Waals surface area contributed by atoms with Gasteiger partial charge < -0.3 is 14.8 Å². The molecule has 0 saturated carbocycles. The third-order valence-corrected chi connectivity index (χ3v) is 3.02. The van der Waals surface area contributed by atoms with Gasteiger partial charge in [-0.25, -0.2) is 0 Å². The molecule has 0 radical (unpaired) electrons. The maximum absolute atomic E-state index is 12.2. The van der Waals surface area contributed by atoms with Crippen molar-refractivity contribution in [2.24, 2.45) is 0 Å². The van der Waals surface area contributed by atoms with Gasteiger partial charge in [-0.1, -0.05) is 31.2 Å². The van der Waals surface area contributed by atoms with Crippen molar-refractivity contribution in [2.45, 2.75) is 19.4 Å². The van der Waals surface area contributed by atoms with E-state index in [1.54, 1.807) is 19.2 Å². The highest BCUT2D eigenvalue weighted by atomic mass is 16.5. The summed E-state index contributed by atoms with van der Waals surface area (Å²) in [5.41, 5.74) is 0.759. The maximum atomic E-state index is 12.2. The number of para-hydroxylation sites is 1. The first-order valence-corrected chi connectivity index (χ1v) is 6.89. The number of hydrogen-bond donors (Lipinski definition) is 1. The summed E-state index contributed by atoms with van der Waals surface area (Å²) in [7, 11) is 1.60. The van der Waals surface area contributed by atoms with Crippen LogP contribution in [0.2, 0.25) is 0 Å². The van der Waals surface area contributed by atoms with Crippen LogP contribution in [-0.2, 0) is 4.79 Å². The number of hydrogen-bond acceptors (Lipinski definition) is 3. The van der Waals surface area contributed by atoms with Crippen molar-refractivity contribution >= 4 is 11.6 Å². The lowest BCUT2D eigenvalue weighted by molar-refractivity contribution is -0.122. The topological polar surface area (TPSA) is 47.6 Å². The molecule has 0 saturated heterocycles. The standard InChI is InChI=1S/C17H19NO3/c1-3-16(17(19)18-13-8-5-4-6-9-13)21-15-11-7-10-14(12-15)20-2/h4-12,16H,3H2,1-2H3,(H,18,19). The Morgan fingerprint density at radius 3 is 2.48 bits per heavy atom. The van der Waals surface area contributed by atoms with Crippen LogP contribution in [0.25, 0.3) is 0 Å². The van der Waals surface area contributed by atoms with E-state index in [0.29, 0.717) is 17.9 Å². The average Bonchev–Trinajstić information content (AvgIpc) is 2.53. The molecule has 0 aliphatic heterocycles. The highest BCUT2D eigenvalue weighted by molar-refractivity contribution is 5.94. The lowest BCUT2D eigenvalue weighted by Gasteiger charge is -2.17. The van der Waals surface area contributed by atoms with Crippen LogP contribution < -0.4 is 14.8 Å². The van der Waals surface area contributed by atoms with E-state index in [0.717, 1.165) is 5.69 Å². The molecule has 0 aliphatic rings. The number of amides is 1. The first kappa shape index (κ1) is 14.9. The summed E-state index contributed by atoms with van der Waals surface area (Å²) < 4.78 is 10.9. The van der Waals surface area contributed by atoms with Gasteiger partial charge in [-0.05, 0) is 30.7 Å². The van der Waals surface area contributed by atoms with Gasteiger partial charge in [0, 0.05) is 11.8 Å². The van der Waals surface area contributed by atoms with Gasteiger partial charge in [-0.3, -0.25) is 4.79 Å². The predicted molar refractivity (Wildman–Crippen MR) is 82.8 cm³/mol. The molecule has 1 amide bonds. The zero-order chi connectivity index (χ0) is 15.1. The van der Waals surface area contributed by atoms with Crippen molar-refractivity contribution in [1.29, 1.82) is 0 Å². The van der Waals surface area contributed by atoms with Crippen LogP contribution in [0.5, 0.6) is 11.5 Å². The number of anilines is 1. The second kappa shape index (κ2) is 7.33.